The van der Waals surface area contributed by atoms with Crippen LogP contribution in [-0.4, -0.2) is 55.5 Å². The lowest BCUT2D eigenvalue weighted by Gasteiger charge is -2.34. The molecule has 2 N–H and O–H groups in total. The summed E-state index contributed by atoms with van der Waals surface area (Å²) in [6, 6.07) is 18.8. The maximum atomic E-state index is 11.6. The van der Waals surface area contributed by atoms with Crippen molar-refractivity contribution in [3.8, 4) is 0 Å². The molecule has 5 heteroatoms. The molecule has 1 fully saturated rings. The van der Waals surface area contributed by atoms with Gasteiger partial charge in [-0.05, 0) is 30.3 Å². The van der Waals surface area contributed by atoms with Crippen LogP contribution in [0.25, 0.3) is 0 Å². The molecule has 1 aliphatic rings. The second-order valence-corrected chi connectivity index (χ2v) is 6.81. The molecule has 2 aromatic rings. The van der Waals surface area contributed by atoms with E-state index in [4.69, 9.17) is 0 Å². The zero-order valence-corrected chi connectivity index (χ0v) is 15.4. The molecule has 5 nitrogen and oxygen atoms in total. The number of nitrogens with one attached hydrogen (secondary N) is 2. The molecule has 0 radical (unpaired) electrons. The van der Waals surface area contributed by atoms with E-state index in [1.165, 1.54) is 11.1 Å². The molecule has 138 valence electrons. The Morgan fingerprint density at radius 2 is 1.38 bits per heavy atom. The smallest absolute Gasteiger partial charge is 0.238 e. The van der Waals surface area contributed by atoms with Crippen LogP contribution in [0.4, 0.5) is 5.69 Å². The van der Waals surface area contributed by atoms with Crippen LogP contribution in [0, 0.1) is 0 Å². The Labute approximate surface area is 156 Å². The van der Waals surface area contributed by atoms with E-state index in [1.807, 2.05) is 12.1 Å². The Morgan fingerprint density at radius 1 is 0.846 bits per heavy atom. The third kappa shape index (κ3) is 5.66. The van der Waals surface area contributed by atoms with Crippen LogP contribution in [0.3, 0.4) is 0 Å². The van der Waals surface area contributed by atoms with Crippen LogP contribution in [0.1, 0.15) is 11.1 Å². The summed E-state index contributed by atoms with van der Waals surface area (Å²) < 4.78 is 0. The van der Waals surface area contributed by atoms with Crippen molar-refractivity contribution in [2.45, 2.75) is 13.1 Å². The van der Waals surface area contributed by atoms with Gasteiger partial charge in [0.25, 0.3) is 0 Å². The summed E-state index contributed by atoms with van der Waals surface area (Å²) in [4.78, 5) is 16.6. The number of hydrogen-bond acceptors (Lipinski definition) is 4. The first-order valence-electron chi connectivity index (χ1n) is 9.25. The number of anilines is 1. The van der Waals surface area contributed by atoms with E-state index in [-0.39, 0.29) is 5.91 Å². The van der Waals surface area contributed by atoms with Crippen LogP contribution in [0.5, 0.6) is 0 Å². The molecule has 0 atom stereocenters. The van der Waals surface area contributed by atoms with E-state index in [0.717, 1.165) is 45.0 Å². The van der Waals surface area contributed by atoms with Crippen molar-refractivity contribution in [1.29, 1.82) is 0 Å². The van der Waals surface area contributed by atoms with Crippen LogP contribution in [0.2, 0.25) is 0 Å². The van der Waals surface area contributed by atoms with Crippen molar-refractivity contribution in [2.75, 3.05) is 45.1 Å². The lowest BCUT2D eigenvalue weighted by atomic mass is 10.1. The number of rotatable bonds is 7. The number of hydrogen-bond donors (Lipinski definition) is 2. The fraction of sp³-hybridized carbons (Fsp3) is 0.381. The normalized spacial score (nSPS) is 15.7. The standard InChI is InChI=1S/C21H28N4O/c1-22-15-21(26)23-20-9-7-19(8-10-20)17-25-13-11-24(12-14-25)16-18-5-3-2-4-6-18/h2-10,22H,11-17H2,1H3,(H,23,26). The van der Waals surface area contributed by atoms with Gasteiger partial charge in [0.15, 0.2) is 0 Å². The fourth-order valence-corrected chi connectivity index (χ4v) is 3.26. The van der Waals surface area contributed by atoms with Crippen LogP contribution >= 0.6 is 0 Å². The molecular formula is C21H28N4O. The molecule has 26 heavy (non-hydrogen) atoms. The molecule has 2 aromatic carbocycles. The maximum Gasteiger partial charge on any atom is 0.238 e. The summed E-state index contributed by atoms with van der Waals surface area (Å²) >= 11 is 0. The van der Waals surface area contributed by atoms with Gasteiger partial charge in [0.1, 0.15) is 0 Å². The van der Waals surface area contributed by atoms with Gasteiger partial charge in [-0.1, -0.05) is 42.5 Å². The average molecular weight is 352 g/mol. The van der Waals surface area contributed by atoms with E-state index < -0.39 is 0 Å². The molecule has 1 amide bonds. The van der Waals surface area contributed by atoms with Crippen molar-refractivity contribution in [3.05, 3.63) is 65.7 Å². The summed E-state index contributed by atoms with van der Waals surface area (Å²) in [7, 11) is 1.77. The largest absolute Gasteiger partial charge is 0.325 e. The zero-order chi connectivity index (χ0) is 18.2. The predicted molar refractivity (Wildman–Crippen MR) is 106 cm³/mol. The van der Waals surface area contributed by atoms with Gasteiger partial charge in [-0.2, -0.15) is 0 Å². The molecular weight excluding hydrogens is 324 g/mol. The second kappa shape index (κ2) is 9.48. The number of carbonyl (C=O) groups is 1. The number of carbonyl (C=O) groups excluding carboxylic acids is 1. The topological polar surface area (TPSA) is 47.6 Å². The number of piperazine rings is 1. The lowest BCUT2D eigenvalue weighted by Crippen LogP contribution is -2.45. The highest BCUT2D eigenvalue weighted by Crippen LogP contribution is 2.14. The van der Waals surface area contributed by atoms with Crippen molar-refractivity contribution >= 4 is 11.6 Å². The van der Waals surface area contributed by atoms with Crippen molar-refractivity contribution in [3.63, 3.8) is 0 Å². The molecule has 0 saturated carbocycles. The average Bonchev–Trinajstić information content (AvgIpc) is 2.66. The van der Waals surface area contributed by atoms with Crippen LogP contribution in [0.15, 0.2) is 54.6 Å². The molecule has 0 aliphatic carbocycles. The summed E-state index contributed by atoms with van der Waals surface area (Å²) in [5.74, 6) is -0.0187. The van der Waals surface area contributed by atoms with E-state index in [9.17, 15) is 4.79 Å². The third-order valence-electron chi connectivity index (χ3n) is 4.70. The quantitative estimate of drug-likeness (QED) is 0.802. The summed E-state index contributed by atoms with van der Waals surface area (Å²) in [5.41, 5.74) is 3.52. The lowest BCUT2D eigenvalue weighted by molar-refractivity contribution is -0.115. The third-order valence-corrected chi connectivity index (χ3v) is 4.70. The molecule has 0 spiro atoms. The number of nitrogens with zero attached hydrogens (tertiary/aromatic N) is 2. The van der Waals surface area contributed by atoms with E-state index in [1.54, 1.807) is 7.05 Å². The van der Waals surface area contributed by atoms with Gasteiger partial charge in [-0.25, -0.2) is 0 Å². The van der Waals surface area contributed by atoms with Crippen molar-refractivity contribution in [1.82, 2.24) is 15.1 Å². The summed E-state index contributed by atoms with van der Waals surface area (Å²) in [6.45, 7) is 6.72. The second-order valence-electron chi connectivity index (χ2n) is 6.81. The number of benzene rings is 2. The molecule has 0 aromatic heterocycles. The highest BCUT2D eigenvalue weighted by Gasteiger charge is 2.17. The van der Waals surface area contributed by atoms with Gasteiger partial charge >= 0.3 is 0 Å². The van der Waals surface area contributed by atoms with Crippen LogP contribution < -0.4 is 10.6 Å². The Hall–Kier alpha value is -2.21. The van der Waals surface area contributed by atoms with Gasteiger partial charge in [-0.15, -0.1) is 0 Å². The number of likely N-dealkylation sites (N-methyl/N-ethyl adjacent to an activating group) is 1. The van der Waals surface area contributed by atoms with Crippen molar-refractivity contribution in [2.24, 2.45) is 0 Å². The fourth-order valence-electron chi connectivity index (χ4n) is 3.26. The Kier molecular flexibility index (Phi) is 6.77. The van der Waals surface area contributed by atoms with E-state index >= 15 is 0 Å². The molecule has 1 heterocycles. The number of amides is 1. The van der Waals surface area contributed by atoms with Gasteiger partial charge in [-0.3, -0.25) is 14.6 Å². The molecule has 1 aliphatic heterocycles. The molecule has 3 rings (SSSR count). The Balaban J connectivity index is 1.43. The minimum Gasteiger partial charge on any atom is -0.325 e. The Bertz CT molecular complexity index is 679. The minimum atomic E-state index is -0.0187. The van der Waals surface area contributed by atoms with Crippen molar-refractivity contribution < 1.29 is 4.79 Å². The zero-order valence-electron chi connectivity index (χ0n) is 15.4. The van der Waals surface area contributed by atoms with Gasteiger partial charge in [0.05, 0.1) is 6.54 Å². The maximum absolute atomic E-state index is 11.6. The first-order chi connectivity index (χ1) is 12.7. The van der Waals surface area contributed by atoms with E-state index in [2.05, 4.69) is 62.9 Å². The molecule has 0 unspecified atom stereocenters. The van der Waals surface area contributed by atoms with Crippen LogP contribution in [-0.2, 0) is 17.9 Å². The first-order valence-corrected chi connectivity index (χ1v) is 9.25. The highest BCUT2D eigenvalue weighted by molar-refractivity contribution is 5.92. The monoisotopic (exact) mass is 352 g/mol. The van der Waals surface area contributed by atoms with Gasteiger partial charge in [0.2, 0.25) is 5.91 Å². The SMILES string of the molecule is CNCC(=O)Nc1ccc(CN2CCN(Cc3ccccc3)CC2)cc1. The Morgan fingerprint density at radius 3 is 1.92 bits per heavy atom. The van der Waals surface area contributed by atoms with Gasteiger partial charge < -0.3 is 10.6 Å². The summed E-state index contributed by atoms with van der Waals surface area (Å²) in [6.07, 6.45) is 0. The van der Waals surface area contributed by atoms with E-state index in [0.29, 0.717) is 6.54 Å². The molecule has 0 bridgehead atoms. The molecule has 1 saturated heterocycles. The summed E-state index contributed by atoms with van der Waals surface area (Å²) in [5, 5.41) is 5.73. The first kappa shape index (κ1) is 18.6. The predicted octanol–water partition coefficient (Wildman–Crippen LogP) is 2.16. The minimum absolute atomic E-state index is 0.0187. The van der Waals surface area contributed by atoms with Gasteiger partial charge in [0, 0.05) is 45.0 Å². The highest BCUT2D eigenvalue weighted by atomic mass is 16.1.